The number of esters is 1. The Labute approximate surface area is 124 Å². The number of nitrogens with zero attached hydrogens (tertiary/aromatic N) is 5. The molecule has 0 aromatic carbocycles. The van der Waals surface area contributed by atoms with Crippen molar-refractivity contribution in [2.75, 3.05) is 13.7 Å². The van der Waals surface area contributed by atoms with E-state index in [-0.39, 0.29) is 11.9 Å². The SMILES string of the molecule is COC(=O)C1CCCN1C(=O)c1sccc1-n1cnnn1. The van der Waals surface area contributed by atoms with Crippen LogP contribution in [0.1, 0.15) is 22.5 Å². The zero-order valence-electron chi connectivity index (χ0n) is 11.3. The second kappa shape index (κ2) is 5.60. The van der Waals surface area contributed by atoms with E-state index in [2.05, 4.69) is 15.5 Å². The van der Waals surface area contributed by atoms with Crippen molar-refractivity contribution in [2.45, 2.75) is 18.9 Å². The highest BCUT2D eigenvalue weighted by Crippen LogP contribution is 2.27. The number of rotatable bonds is 3. The van der Waals surface area contributed by atoms with Crippen LogP contribution in [0.25, 0.3) is 5.69 Å². The molecule has 1 atom stereocenters. The van der Waals surface area contributed by atoms with Crippen LogP contribution in [-0.4, -0.2) is 56.7 Å². The lowest BCUT2D eigenvalue weighted by Gasteiger charge is -2.22. The number of likely N-dealkylation sites (tertiary alicyclic amines) is 1. The fourth-order valence-electron chi connectivity index (χ4n) is 2.44. The largest absolute Gasteiger partial charge is 0.467 e. The Morgan fingerprint density at radius 2 is 2.33 bits per heavy atom. The Morgan fingerprint density at radius 1 is 1.48 bits per heavy atom. The number of hydrogen-bond donors (Lipinski definition) is 0. The van der Waals surface area contributed by atoms with Crippen molar-refractivity contribution in [3.8, 4) is 5.69 Å². The molecule has 110 valence electrons. The summed E-state index contributed by atoms with van der Waals surface area (Å²) in [5.74, 6) is -0.565. The third-order valence-corrected chi connectivity index (χ3v) is 4.31. The predicted molar refractivity (Wildman–Crippen MR) is 73.1 cm³/mol. The number of carbonyl (C=O) groups excluding carboxylic acids is 2. The van der Waals surface area contributed by atoms with Crippen LogP contribution >= 0.6 is 11.3 Å². The van der Waals surface area contributed by atoms with Crippen LogP contribution < -0.4 is 0 Å². The fourth-order valence-corrected chi connectivity index (χ4v) is 3.27. The molecule has 1 amide bonds. The highest BCUT2D eigenvalue weighted by molar-refractivity contribution is 7.12. The first kappa shape index (κ1) is 13.7. The molecule has 1 aliphatic heterocycles. The molecule has 0 radical (unpaired) electrons. The third-order valence-electron chi connectivity index (χ3n) is 3.42. The topological polar surface area (TPSA) is 90.2 Å². The Balaban J connectivity index is 1.89. The second-order valence-electron chi connectivity index (χ2n) is 4.57. The maximum Gasteiger partial charge on any atom is 0.328 e. The molecule has 1 saturated heterocycles. The van der Waals surface area contributed by atoms with E-state index in [0.717, 1.165) is 6.42 Å². The number of ether oxygens (including phenoxy) is 1. The van der Waals surface area contributed by atoms with E-state index in [1.54, 1.807) is 16.3 Å². The lowest BCUT2D eigenvalue weighted by molar-refractivity contribution is -0.145. The molecule has 3 rings (SSSR count). The van der Waals surface area contributed by atoms with Gasteiger partial charge in [0.15, 0.2) is 0 Å². The van der Waals surface area contributed by atoms with Gasteiger partial charge >= 0.3 is 5.97 Å². The standard InChI is InChI=1S/C12H13N5O3S/c1-20-12(19)9-3-2-5-16(9)11(18)10-8(4-6-21-10)17-7-13-14-15-17/h4,6-7,9H,2-3,5H2,1H3. The minimum atomic E-state index is -0.508. The van der Waals surface area contributed by atoms with Gasteiger partial charge in [-0.15, -0.1) is 16.4 Å². The van der Waals surface area contributed by atoms with Gasteiger partial charge in [-0.2, -0.15) is 4.68 Å². The number of carbonyl (C=O) groups is 2. The zero-order chi connectivity index (χ0) is 14.8. The predicted octanol–water partition coefficient (Wildman–Crippen LogP) is 0.501. The summed E-state index contributed by atoms with van der Waals surface area (Å²) in [6.45, 7) is 0.547. The molecule has 2 aromatic rings. The normalized spacial score (nSPS) is 18.0. The molecule has 0 aliphatic carbocycles. The Kier molecular flexibility index (Phi) is 3.65. The average Bonchev–Trinajstić information content (AvgIpc) is 3.24. The molecule has 8 nitrogen and oxygen atoms in total. The molecule has 1 unspecified atom stereocenters. The van der Waals surface area contributed by atoms with Crippen molar-refractivity contribution >= 4 is 23.2 Å². The van der Waals surface area contributed by atoms with Crippen molar-refractivity contribution in [1.29, 1.82) is 0 Å². The molecule has 1 fully saturated rings. The van der Waals surface area contributed by atoms with E-state index in [1.807, 2.05) is 0 Å². The highest BCUT2D eigenvalue weighted by atomic mass is 32.1. The Bertz CT molecular complexity index is 654. The molecule has 1 aliphatic rings. The molecule has 0 saturated carbocycles. The Morgan fingerprint density at radius 3 is 3.05 bits per heavy atom. The number of methoxy groups -OCH3 is 1. The van der Waals surface area contributed by atoms with Crippen LogP contribution in [0.15, 0.2) is 17.8 Å². The van der Waals surface area contributed by atoms with E-state index < -0.39 is 6.04 Å². The number of thiophene rings is 1. The molecule has 0 bridgehead atoms. The smallest absolute Gasteiger partial charge is 0.328 e. The van der Waals surface area contributed by atoms with Gasteiger partial charge in [0.2, 0.25) is 0 Å². The molecule has 21 heavy (non-hydrogen) atoms. The number of hydrogen-bond acceptors (Lipinski definition) is 7. The summed E-state index contributed by atoms with van der Waals surface area (Å²) in [5, 5.41) is 12.7. The number of tetrazole rings is 1. The number of aromatic nitrogens is 4. The minimum absolute atomic E-state index is 0.191. The van der Waals surface area contributed by atoms with Gasteiger partial charge in [-0.25, -0.2) is 4.79 Å². The molecule has 9 heteroatoms. The molecule has 0 spiro atoms. The van der Waals surface area contributed by atoms with Crippen LogP contribution in [-0.2, 0) is 9.53 Å². The van der Waals surface area contributed by atoms with Gasteiger partial charge in [-0.3, -0.25) is 4.79 Å². The van der Waals surface area contributed by atoms with Gasteiger partial charge in [0.1, 0.15) is 17.2 Å². The van der Waals surface area contributed by atoms with E-state index in [1.165, 1.54) is 29.5 Å². The maximum absolute atomic E-state index is 12.7. The van der Waals surface area contributed by atoms with Crippen LogP contribution in [0.3, 0.4) is 0 Å². The quantitative estimate of drug-likeness (QED) is 0.767. The van der Waals surface area contributed by atoms with Gasteiger partial charge in [0.05, 0.1) is 12.8 Å². The van der Waals surface area contributed by atoms with Crippen LogP contribution in [0.2, 0.25) is 0 Å². The fraction of sp³-hybridized carbons (Fsp3) is 0.417. The van der Waals surface area contributed by atoms with Crippen molar-refractivity contribution in [3.63, 3.8) is 0 Å². The van der Waals surface area contributed by atoms with Crippen LogP contribution in [0.5, 0.6) is 0 Å². The first-order valence-corrected chi connectivity index (χ1v) is 7.30. The van der Waals surface area contributed by atoms with E-state index in [0.29, 0.717) is 23.5 Å². The monoisotopic (exact) mass is 307 g/mol. The van der Waals surface area contributed by atoms with Gasteiger partial charge < -0.3 is 9.64 Å². The van der Waals surface area contributed by atoms with Crippen molar-refractivity contribution in [1.82, 2.24) is 25.1 Å². The van der Waals surface area contributed by atoms with Crippen LogP contribution in [0, 0.1) is 0 Å². The molecule has 3 heterocycles. The average molecular weight is 307 g/mol. The van der Waals surface area contributed by atoms with Crippen molar-refractivity contribution in [3.05, 3.63) is 22.7 Å². The summed E-state index contributed by atoms with van der Waals surface area (Å²) < 4.78 is 6.20. The minimum Gasteiger partial charge on any atom is -0.467 e. The summed E-state index contributed by atoms with van der Waals surface area (Å²) in [7, 11) is 1.33. The van der Waals surface area contributed by atoms with E-state index in [9.17, 15) is 9.59 Å². The first-order valence-electron chi connectivity index (χ1n) is 6.42. The molecule has 2 aromatic heterocycles. The van der Waals surface area contributed by atoms with Gasteiger partial charge in [0, 0.05) is 6.54 Å². The summed E-state index contributed by atoms with van der Waals surface area (Å²) in [4.78, 5) is 26.5. The zero-order valence-corrected chi connectivity index (χ0v) is 12.1. The maximum atomic E-state index is 12.7. The molecule has 0 N–H and O–H groups in total. The summed E-state index contributed by atoms with van der Waals surface area (Å²) in [6.07, 6.45) is 2.85. The lowest BCUT2D eigenvalue weighted by atomic mass is 10.2. The van der Waals surface area contributed by atoms with Gasteiger partial charge in [-0.1, -0.05) is 0 Å². The highest BCUT2D eigenvalue weighted by Gasteiger charge is 2.36. The third kappa shape index (κ3) is 2.40. The number of amides is 1. The van der Waals surface area contributed by atoms with E-state index in [4.69, 9.17) is 4.74 Å². The van der Waals surface area contributed by atoms with E-state index >= 15 is 0 Å². The molecular formula is C12H13N5O3S. The lowest BCUT2D eigenvalue weighted by Crippen LogP contribution is -2.41. The second-order valence-corrected chi connectivity index (χ2v) is 5.49. The first-order chi connectivity index (χ1) is 10.2. The Hall–Kier alpha value is -2.29. The van der Waals surface area contributed by atoms with Crippen LogP contribution in [0.4, 0.5) is 0 Å². The van der Waals surface area contributed by atoms with Gasteiger partial charge in [-0.05, 0) is 34.7 Å². The summed E-state index contributed by atoms with van der Waals surface area (Å²) >= 11 is 1.30. The van der Waals surface area contributed by atoms with Crippen molar-refractivity contribution in [2.24, 2.45) is 0 Å². The van der Waals surface area contributed by atoms with Crippen molar-refractivity contribution < 1.29 is 14.3 Å². The molecular weight excluding hydrogens is 294 g/mol. The summed E-state index contributed by atoms with van der Waals surface area (Å²) in [5.41, 5.74) is 0.616. The summed E-state index contributed by atoms with van der Waals surface area (Å²) in [6, 6.07) is 1.27. The van der Waals surface area contributed by atoms with Gasteiger partial charge in [0.25, 0.3) is 5.91 Å².